The van der Waals surface area contributed by atoms with Crippen molar-refractivity contribution in [1.82, 2.24) is 29.7 Å². The topological polar surface area (TPSA) is 104 Å². The van der Waals surface area contributed by atoms with E-state index in [1.54, 1.807) is 16.9 Å². The predicted molar refractivity (Wildman–Crippen MR) is 119 cm³/mol. The van der Waals surface area contributed by atoms with E-state index in [1.807, 2.05) is 43.2 Å². The summed E-state index contributed by atoms with van der Waals surface area (Å²) < 4.78 is 3.77. The van der Waals surface area contributed by atoms with E-state index in [4.69, 9.17) is 10.4 Å². The van der Waals surface area contributed by atoms with Gasteiger partial charge in [-0.2, -0.15) is 10.2 Å². The van der Waals surface area contributed by atoms with Crippen molar-refractivity contribution in [3.63, 3.8) is 0 Å². The summed E-state index contributed by atoms with van der Waals surface area (Å²) in [7, 11) is 0. The largest absolute Gasteiger partial charge is 0.391 e. The van der Waals surface area contributed by atoms with Gasteiger partial charge in [0.2, 0.25) is 0 Å². The quantitative estimate of drug-likeness (QED) is 0.444. The summed E-state index contributed by atoms with van der Waals surface area (Å²) in [5, 5.41) is 29.9. The molecule has 3 N–H and O–H groups in total. The van der Waals surface area contributed by atoms with Crippen LogP contribution in [0, 0.1) is 11.3 Å². The lowest BCUT2D eigenvalue weighted by Gasteiger charge is -2.14. The Kier molecular flexibility index (Phi) is 6.99. The normalized spacial score (nSPS) is 13.4. The van der Waals surface area contributed by atoms with Crippen molar-refractivity contribution in [3.05, 3.63) is 42.7 Å². The van der Waals surface area contributed by atoms with Crippen LogP contribution >= 0.6 is 0 Å². The van der Waals surface area contributed by atoms with Gasteiger partial charge in [0.05, 0.1) is 47.6 Å². The van der Waals surface area contributed by atoms with Crippen molar-refractivity contribution in [2.75, 3.05) is 6.54 Å². The maximum Gasteiger partial charge on any atom is 0.0999 e. The first-order valence-corrected chi connectivity index (χ1v) is 10.5. The zero-order valence-corrected chi connectivity index (χ0v) is 18.1. The third-order valence-corrected chi connectivity index (χ3v) is 5.39. The molecule has 0 aromatic carbocycles. The van der Waals surface area contributed by atoms with Gasteiger partial charge in [-0.05, 0) is 24.8 Å². The van der Waals surface area contributed by atoms with Gasteiger partial charge in [0.1, 0.15) is 0 Å². The second-order valence-electron chi connectivity index (χ2n) is 7.78. The Morgan fingerprint density at radius 1 is 1.23 bits per heavy atom. The summed E-state index contributed by atoms with van der Waals surface area (Å²) in [5.74, 6) is 0.158. The minimum Gasteiger partial charge on any atom is -0.391 e. The molecule has 0 saturated heterocycles. The number of nitrogens with one attached hydrogen (secondary N) is 2. The van der Waals surface area contributed by atoms with Gasteiger partial charge >= 0.3 is 0 Å². The number of hydrogen-bond donors (Lipinski definition) is 3. The minimum atomic E-state index is -0.457. The molecule has 8 heteroatoms. The monoisotopic (exact) mass is 409 g/mol. The van der Waals surface area contributed by atoms with Crippen LogP contribution < -0.4 is 5.32 Å². The van der Waals surface area contributed by atoms with Crippen LogP contribution in [0.25, 0.3) is 22.3 Å². The van der Waals surface area contributed by atoms with Crippen molar-refractivity contribution in [2.45, 2.75) is 52.7 Å². The van der Waals surface area contributed by atoms with E-state index in [9.17, 15) is 5.11 Å². The van der Waals surface area contributed by atoms with Gasteiger partial charge in [0.15, 0.2) is 0 Å². The Labute approximate surface area is 177 Å². The zero-order valence-electron chi connectivity index (χ0n) is 18.1. The van der Waals surface area contributed by atoms with Crippen LogP contribution in [-0.2, 0) is 0 Å². The Balaban J connectivity index is 1.97. The van der Waals surface area contributed by atoms with E-state index < -0.39 is 6.10 Å². The summed E-state index contributed by atoms with van der Waals surface area (Å²) in [4.78, 5) is 4.84. The highest BCUT2D eigenvalue weighted by Crippen LogP contribution is 2.26. The molecule has 3 aromatic heterocycles. The molecule has 3 rings (SSSR count). The van der Waals surface area contributed by atoms with E-state index in [0.717, 1.165) is 29.6 Å². The lowest BCUT2D eigenvalue weighted by Crippen LogP contribution is -2.27. The molecule has 0 aliphatic heterocycles. The SMILES string of the molecule is CCC(CC)n1cc(-c2nc(/C(C=N)=C/NCC(O)C(C)C)cn3nccc23)cn1. The van der Waals surface area contributed by atoms with Crippen molar-refractivity contribution in [2.24, 2.45) is 5.92 Å². The molecule has 0 bridgehead atoms. The summed E-state index contributed by atoms with van der Waals surface area (Å²) in [6.45, 7) is 8.67. The molecule has 0 saturated carbocycles. The van der Waals surface area contributed by atoms with Crippen molar-refractivity contribution in [1.29, 1.82) is 5.41 Å². The molecule has 3 aromatic rings. The number of nitrogens with zero attached hydrogens (tertiary/aromatic N) is 5. The maximum absolute atomic E-state index is 9.99. The highest BCUT2D eigenvalue weighted by Gasteiger charge is 2.15. The lowest BCUT2D eigenvalue weighted by molar-refractivity contribution is 0.127. The zero-order chi connectivity index (χ0) is 21.7. The van der Waals surface area contributed by atoms with Crippen molar-refractivity contribution < 1.29 is 5.11 Å². The van der Waals surface area contributed by atoms with Gasteiger partial charge in [0, 0.05) is 36.3 Å². The number of fused-ring (bicyclic) bond motifs is 1. The van der Waals surface area contributed by atoms with Crippen LogP contribution in [-0.4, -0.2) is 48.3 Å². The van der Waals surface area contributed by atoms with Gasteiger partial charge in [0.25, 0.3) is 0 Å². The molecule has 160 valence electrons. The number of allylic oxidation sites excluding steroid dienone is 1. The van der Waals surface area contributed by atoms with Crippen LogP contribution in [0.3, 0.4) is 0 Å². The molecular weight excluding hydrogens is 378 g/mol. The predicted octanol–water partition coefficient (Wildman–Crippen LogP) is 3.55. The number of rotatable bonds is 10. The second kappa shape index (κ2) is 9.67. The van der Waals surface area contributed by atoms with Crippen molar-refractivity contribution in [3.8, 4) is 11.3 Å². The van der Waals surface area contributed by atoms with Gasteiger partial charge in [-0.1, -0.05) is 27.7 Å². The molecule has 8 nitrogen and oxygen atoms in total. The average molecular weight is 410 g/mol. The fourth-order valence-corrected chi connectivity index (χ4v) is 3.32. The summed E-state index contributed by atoms with van der Waals surface area (Å²) in [5.41, 5.74) is 3.81. The van der Waals surface area contributed by atoms with Crippen molar-refractivity contribution >= 4 is 17.3 Å². The van der Waals surface area contributed by atoms with E-state index in [2.05, 4.69) is 29.4 Å². The Morgan fingerprint density at radius 3 is 2.67 bits per heavy atom. The lowest BCUT2D eigenvalue weighted by atomic mass is 10.1. The van der Waals surface area contributed by atoms with Gasteiger partial charge < -0.3 is 15.8 Å². The first-order chi connectivity index (χ1) is 14.5. The second-order valence-corrected chi connectivity index (χ2v) is 7.78. The van der Waals surface area contributed by atoms with E-state index in [0.29, 0.717) is 23.9 Å². The summed E-state index contributed by atoms with van der Waals surface area (Å²) >= 11 is 0. The molecule has 1 atom stereocenters. The smallest absolute Gasteiger partial charge is 0.0999 e. The standard InChI is InChI=1S/C22H31N7O/c1-5-18(6-2)28-13-17(11-26-28)22-20-7-8-25-29(20)14-19(27-22)16(9-23)10-24-12-21(30)15(3)4/h7-11,13-15,18,21,23-24,30H,5-6,12H2,1-4H3/b16-10+,23-9?. The highest BCUT2D eigenvalue weighted by atomic mass is 16.3. The summed E-state index contributed by atoms with van der Waals surface area (Å²) in [6.07, 6.45) is 12.0. The van der Waals surface area contributed by atoms with E-state index in [-0.39, 0.29) is 5.92 Å². The third-order valence-electron chi connectivity index (χ3n) is 5.39. The Hall–Kier alpha value is -3.00. The fraction of sp³-hybridized carbons (Fsp3) is 0.455. The molecular formula is C22H31N7O. The van der Waals surface area contributed by atoms with E-state index >= 15 is 0 Å². The van der Waals surface area contributed by atoms with Gasteiger partial charge in [-0.3, -0.25) is 4.68 Å². The highest BCUT2D eigenvalue weighted by molar-refractivity contribution is 6.07. The molecule has 0 radical (unpaired) electrons. The van der Waals surface area contributed by atoms with Crippen LogP contribution in [0.5, 0.6) is 0 Å². The number of hydrogen-bond acceptors (Lipinski definition) is 6. The summed E-state index contributed by atoms with van der Waals surface area (Å²) in [6, 6.07) is 2.28. The first kappa shape index (κ1) is 21.7. The van der Waals surface area contributed by atoms with Crippen LogP contribution in [0.1, 0.15) is 52.3 Å². The van der Waals surface area contributed by atoms with Crippen LogP contribution in [0.15, 0.2) is 37.1 Å². The van der Waals surface area contributed by atoms with Crippen LogP contribution in [0.2, 0.25) is 0 Å². The minimum absolute atomic E-state index is 0.158. The maximum atomic E-state index is 9.99. The third kappa shape index (κ3) is 4.59. The van der Waals surface area contributed by atoms with E-state index in [1.165, 1.54) is 6.21 Å². The first-order valence-electron chi connectivity index (χ1n) is 10.5. The Bertz CT molecular complexity index is 1010. The molecule has 30 heavy (non-hydrogen) atoms. The molecule has 0 spiro atoms. The molecule has 0 aliphatic rings. The Morgan fingerprint density at radius 2 is 2.00 bits per heavy atom. The van der Waals surface area contributed by atoms with Crippen LogP contribution in [0.4, 0.5) is 0 Å². The molecule has 0 aliphatic carbocycles. The average Bonchev–Trinajstić information content (AvgIpc) is 3.41. The molecule has 1 unspecified atom stereocenters. The number of aliphatic hydroxyl groups excluding tert-OH is 1. The van der Waals surface area contributed by atoms with Gasteiger partial charge in [-0.25, -0.2) is 9.50 Å². The van der Waals surface area contributed by atoms with Gasteiger partial charge in [-0.15, -0.1) is 0 Å². The molecule has 0 amide bonds. The fourth-order valence-electron chi connectivity index (χ4n) is 3.32. The molecule has 3 heterocycles. The molecule has 0 fully saturated rings. The number of aromatic nitrogens is 5. The number of aliphatic hydroxyl groups is 1.